The number of fused-ring (bicyclic) bond motifs is 1. The SMILES string of the molecule is O=C(c1ccc2c(c1)CCN(c1nccc(Nc3ccc(-c4cn[nH]c4)cc3)n1)C2)N1CC(F)(F)C1. The molecule has 36 heavy (non-hydrogen) atoms. The van der Waals surface area contributed by atoms with Crippen LogP contribution in [0.25, 0.3) is 11.1 Å². The number of aromatic amines is 1. The molecular formula is C26H23F2N7O. The predicted octanol–water partition coefficient (Wildman–Crippen LogP) is 4.26. The van der Waals surface area contributed by atoms with Crippen LogP contribution in [0.3, 0.4) is 0 Å². The predicted molar refractivity (Wildman–Crippen MR) is 131 cm³/mol. The van der Waals surface area contributed by atoms with Crippen LogP contribution in [-0.2, 0) is 13.0 Å². The number of hydrogen-bond acceptors (Lipinski definition) is 6. The highest BCUT2D eigenvalue weighted by Gasteiger charge is 2.46. The molecule has 2 aromatic heterocycles. The summed E-state index contributed by atoms with van der Waals surface area (Å²) in [5.74, 6) is -1.80. The number of likely N-dealkylation sites (tertiary alicyclic amines) is 1. The van der Waals surface area contributed by atoms with Crippen LogP contribution in [0.15, 0.2) is 67.1 Å². The van der Waals surface area contributed by atoms with E-state index in [1.54, 1.807) is 18.5 Å². The number of halogens is 2. The van der Waals surface area contributed by atoms with Gasteiger partial charge in [-0.05, 0) is 53.4 Å². The van der Waals surface area contributed by atoms with Gasteiger partial charge in [0.1, 0.15) is 5.82 Å². The molecule has 2 N–H and O–H groups in total. The molecule has 4 aromatic rings. The highest BCUT2D eigenvalue weighted by Crippen LogP contribution is 2.30. The number of carbonyl (C=O) groups excluding carboxylic acids is 1. The Labute approximate surface area is 206 Å². The van der Waals surface area contributed by atoms with Crippen molar-refractivity contribution in [2.45, 2.75) is 18.9 Å². The van der Waals surface area contributed by atoms with Crippen molar-refractivity contribution in [2.75, 3.05) is 29.9 Å². The second-order valence-corrected chi connectivity index (χ2v) is 9.10. The van der Waals surface area contributed by atoms with E-state index < -0.39 is 19.0 Å². The van der Waals surface area contributed by atoms with Crippen molar-refractivity contribution in [1.82, 2.24) is 25.1 Å². The molecule has 2 aromatic carbocycles. The first-order valence-electron chi connectivity index (χ1n) is 11.7. The van der Waals surface area contributed by atoms with Gasteiger partial charge in [0.15, 0.2) is 0 Å². The number of carbonyl (C=O) groups is 1. The van der Waals surface area contributed by atoms with E-state index >= 15 is 0 Å². The van der Waals surface area contributed by atoms with Crippen LogP contribution in [0, 0.1) is 0 Å². The summed E-state index contributed by atoms with van der Waals surface area (Å²) in [6.07, 6.45) is 6.07. The minimum absolute atomic E-state index is 0.342. The van der Waals surface area contributed by atoms with Crippen molar-refractivity contribution in [2.24, 2.45) is 0 Å². The number of nitrogens with zero attached hydrogens (tertiary/aromatic N) is 5. The average molecular weight is 488 g/mol. The van der Waals surface area contributed by atoms with Gasteiger partial charge >= 0.3 is 0 Å². The highest BCUT2D eigenvalue weighted by atomic mass is 19.3. The monoisotopic (exact) mass is 487 g/mol. The van der Waals surface area contributed by atoms with Crippen molar-refractivity contribution < 1.29 is 13.6 Å². The van der Waals surface area contributed by atoms with Crippen molar-refractivity contribution >= 4 is 23.4 Å². The maximum absolute atomic E-state index is 13.1. The Kier molecular flexibility index (Phi) is 5.36. The number of benzene rings is 2. The van der Waals surface area contributed by atoms with E-state index in [2.05, 4.69) is 25.4 Å². The van der Waals surface area contributed by atoms with Gasteiger partial charge in [-0.3, -0.25) is 9.89 Å². The van der Waals surface area contributed by atoms with Crippen molar-refractivity contribution in [3.8, 4) is 11.1 Å². The Balaban J connectivity index is 1.13. The Bertz CT molecular complexity index is 1400. The molecule has 0 unspecified atom stereocenters. The molecule has 1 saturated heterocycles. The van der Waals surface area contributed by atoms with Crippen LogP contribution in [0.4, 0.5) is 26.2 Å². The van der Waals surface area contributed by atoms with Crippen molar-refractivity contribution in [3.05, 3.63) is 83.8 Å². The lowest BCUT2D eigenvalue weighted by Gasteiger charge is -2.38. The molecule has 0 atom stereocenters. The molecule has 0 radical (unpaired) electrons. The summed E-state index contributed by atoms with van der Waals surface area (Å²) in [5, 5.41) is 10.1. The number of alkyl halides is 2. The van der Waals surface area contributed by atoms with Gasteiger partial charge in [0.25, 0.3) is 11.8 Å². The quantitative estimate of drug-likeness (QED) is 0.437. The molecule has 1 fully saturated rings. The van der Waals surface area contributed by atoms with Crippen LogP contribution < -0.4 is 10.2 Å². The minimum atomic E-state index is -2.77. The third-order valence-corrected chi connectivity index (χ3v) is 6.51. The van der Waals surface area contributed by atoms with Crippen molar-refractivity contribution in [3.63, 3.8) is 0 Å². The summed E-state index contributed by atoms with van der Waals surface area (Å²) in [5.41, 5.74) is 5.58. The molecule has 0 bridgehead atoms. The highest BCUT2D eigenvalue weighted by molar-refractivity contribution is 5.95. The summed E-state index contributed by atoms with van der Waals surface area (Å²) in [4.78, 5) is 24.9. The van der Waals surface area contributed by atoms with Gasteiger partial charge in [-0.2, -0.15) is 10.1 Å². The zero-order valence-corrected chi connectivity index (χ0v) is 19.3. The molecule has 182 valence electrons. The number of amides is 1. The van der Waals surface area contributed by atoms with E-state index in [0.29, 0.717) is 36.8 Å². The fourth-order valence-corrected chi connectivity index (χ4v) is 4.57. The van der Waals surface area contributed by atoms with Gasteiger partial charge in [-0.1, -0.05) is 18.2 Å². The average Bonchev–Trinajstić information content (AvgIpc) is 3.42. The molecule has 2 aliphatic rings. The second kappa shape index (κ2) is 8.71. The van der Waals surface area contributed by atoms with E-state index in [9.17, 15) is 13.6 Å². The number of hydrogen-bond donors (Lipinski definition) is 2. The second-order valence-electron chi connectivity index (χ2n) is 9.10. The first kappa shape index (κ1) is 22.1. The van der Waals surface area contributed by atoms with Crippen LogP contribution >= 0.6 is 0 Å². The number of rotatable bonds is 5. The number of aromatic nitrogens is 4. The van der Waals surface area contributed by atoms with Gasteiger partial charge in [0.05, 0.1) is 19.3 Å². The summed E-state index contributed by atoms with van der Waals surface area (Å²) in [6.45, 7) is 0.281. The first-order valence-corrected chi connectivity index (χ1v) is 11.7. The molecule has 10 heteroatoms. The van der Waals surface area contributed by atoms with Gasteiger partial charge in [0.2, 0.25) is 5.95 Å². The number of nitrogens with one attached hydrogen (secondary N) is 2. The van der Waals surface area contributed by atoms with E-state index in [0.717, 1.165) is 27.9 Å². The van der Waals surface area contributed by atoms with Crippen LogP contribution in [0.2, 0.25) is 0 Å². The standard InChI is InChI=1S/C26H23F2N7O/c27-26(28)15-35(16-26)24(36)19-1-2-20-14-34(10-8-18(20)11-19)25-29-9-7-23(33-25)32-22-5-3-17(4-6-22)21-12-30-31-13-21/h1-7,9,11-13H,8,10,14-16H2,(H,30,31)(H,29,32,33). The maximum Gasteiger partial charge on any atom is 0.282 e. The number of anilines is 3. The minimum Gasteiger partial charge on any atom is -0.340 e. The molecule has 1 amide bonds. The van der Waals surface area contributed by atoms with Gasteiger partial charge in [-0.15, -0.1) is 0 Å². The van der Waals surface area contributed by atoms with E-state index in [1.165, 1.54) is 4.90 Å². The Morgan fingerprint density at radius 1 is 1.03 bits per heavy atom. The molecule has 6 rings (SSSR count). The molecular weight excluding hydrogens is 464 g/mol. The summed E-state index contributed by atoms with van der Waals surface area (Å²) in [6, 6.07) is 15.3. The molecule has 8 nitrogen and oxygen atoms in total. The maximum atomic E-state index is 13.1. The first-order chi connectivity index (χ1) is 17.4. The largest absolute Gasteiger partial charge is 0.340 e. The normalized spacial score (nSPS) is 16.3. The topological polar surface area (TPSA) is 90.0 Å². The Morgan fingerprint density at radius 3 is 2.61 bits per heavy atom. The number of H-pyrrole nitrogens is 1. The molecule has 0 aliphatic carbocycles. The molecule has 2 aliphatic heterocycles. The van der Waals surface area contributed by atoms with Gasteiger partial charge in [-0.25, -0.2) is 13.8 Å². The summed E-state index contributed by atoms with van der Waals surface area (Å²) >= 11 is 0. The van der Waals surface area contributed by atoms with Crippen molar-refractivity contribution in [1.29, 1.82) is 0 Å². The Hall–Kier alpha value is -4.34. The zero-order chi connectivity index (χ0) is 24.7. The molecule has 4 heterocycles. The summed E-state index contributed by atoms with van der Waals surface area (Å²) in [7, 11) is 0. The Morgan fingerprint density at radius 2 is 1.86 bits per heavy atom. The van der Waals surface area contributed by atoms with Crippen LogP contribution in [0.5, 0.6) is 0 Å². The lowest BCUT2D eigenvalue weighted by atomic mass is 9.96. The fraction of sp³-hybridized carbons (Fsp3) is 0.231. The van der Waals surface area contributed by atoms with Gasteiger partial charge < -0.3 is 15.1 Å². The third-order valence-electron chi connectivity index (χ3n) is 6.51. The lowest BCUT2D eigenvalue weighted by Crippen LogP contribution is -2.58. The summed E-state index contributed by atoms with van der Waals surface area (Å²) < 4.78 is 26.3. The third kappa shape index (κ3) is 4.37. The van der Waals surface area contributed by atoms with Crippen LogP contribution in [-0.4, -0.2) is 56.5 Å². The van der Waals surface area contributed by atoms with E-state index in [-0.39, 0.29) is 5.91 Å². The van der Waals surface area contributed by atoms with E-state index in [1.807, 2.05) is 48.7 Å². The smallest absolute Gasteiger partial charge is 0.282 e. The fourth-order valence-electron chi connectivity index (χ4n) is 4.57. The lowest BCUT2D eigenvalue weighted by molar-refractivity contribution is -0.113. The van der Waals surface area contributed by atoms with E-state index in [4.69, 9.17) is 4.98 Å². The molecule has 0 spiro atoms. The molecule has 0 saturated carbocycles. The van der Waals surface area contributed by atoms with Gasteiger partial charge in [0, 0.05) is 42.3 Å². The zero-order valence-electron chi connectivity index (χ0n) is 19.3. The van der Waals surface area contributed by atoms with Crippen LogP contribution in [0.1, 0.15) is 21.5 Å².